The van der Waals surface area contributed by atoms with Gasteiger partial charge in [0.25, 0.3) is 0 Å². The van der Waals surface area contributed by atoms with Crippen LogP contribution in [0.4, 0.5) is 0 Å². The molecule has 13 heteroatoms. The van der Waals surface area contributed by atoms with E-state index in [0.29, 0.717) is 18.8 Å². The van der Waals surface area contributed by atoms with Crippen LogP contribution >= 0.6 is 35.3 Å². The second kappa shape index (κ2) is 9.03. The Labute approximate surface area is 172 Å². The van der Waals surface area contributed by atoms with Gasteiger partial charge in [0, 0.05) is 22.3 Å². The van der Waals surface area contributed by atoms with E-state index in [4.69, 9.17) is 5.11 Å². The summed E-state index contributed by atoms with van der Waals surface area (Å²) in [7, 11) is 0. The van der Waals surface area contributed by atoms with Crippen LogP contribution in [-0.4, -0.2) is 73.5 Å². The Morgan fingerprint density at radius 3 is 2.36 bits per heavy atom. The SMILES string of the molecule is O=C(SC1CSc2nnnn2C1)c1ccccc1.OC1CSc2nnnn2C1. The molecule has 0 radical (unpaired) electrons. The maximum absolute atomic E-state index is 12.1. The van der Waals surface area contributed by atoms with Crippen LogP contribution in [0.1, 0.15) is 10.4 Å². The molecule has 1 aromatic carbocycles. The molecule has 0 saturated carbocycles. The van der Waals surface area contributed by atoms with Crippen molar-refractivity contribution in [3.05, 3.63) is 35.9 Å². The van der Waals surface area contributed by atoms with Crippen LogP contribution in [0.5, 0.6) is 0 Å². The lowest BCUT2D eigenvalue weighted by molar-refractivity contribution is 0.108. The van der Waals surface area contributed by atoms with Crippen molar-refractivity contribution in [3.8, 4) is 0 Å². The number of aromatic nitrogens is 8. The van der Waals surface area contributed by atoms with E-state index in [1.54, 1.807) is 21.1 Å². The zero-order valence-electron chi connectivity index (χ0n) is 14.5. The van der Waals surface area contributed by atoms with Crippen LogP contribution < -0.4 is 0 Å². The number of fused-ring (bicyclic) bond motifs is 2. The number of rotatable bonds is 2. The van der Waals surface area contributed by atoms with Gasteiger partial charge >= 0.3 is 0 Å². The minimum Gasteiger partial charge on any atom is -0.390 e. The molecule has 0 fully saturated rings. The quantitative estimate of drug-likeness (QED) is 0.615. The van der Waals surface area contributed by atoms with Gasteiger partial charge in [0.2, 0.25) is 15.4 Å². The van der Waals surface area contributed by atoms with Crippen LogP contribution in [0.3, 0.4) is 0 Å². The fourth-order valence-corrected chi connectivity index (χ4v) is 5.39. The van der Waals surface area contributed by atoms with Crippen molar-refractivity contribution < 1.29 is 9.90 Å². The Kier molecular flexibility index (Phi) is 6.24. The molecule has 2 aliphatic heterocycles. The molecular formula is C15H16N8O2S3. The van der Waals surface area contributed by atoms with Crippen molar-refractivity contribution in [1.29, 1.82) is 0 Å². The van der Waals surface area contributed by atoms with Gasteiger partial charge in [0.15, 0.2) is 0 Å². The van der Waals surface area contributed by atoms with Gasteiger partial charge in [0.1, 0.15) is 0 Å². The fraction of sp³-hybridized carbons (Fsp3) is 0.400. The van der Waals surface area contributed by atoms with Crippen LogP contribution in [0, 0.1) is 0 Å². The third-order valence-electron chi connectivity index (χ3n) is 3.84. The van der Waals surface area contributed by atoms with E-state index in [1.807, 2.05) is 30.3 Å². The summed E-state index contributed by atoms with van der Waals surface area (Å²) in [5.41, 5.74) is 0.745. The number of aliphatic hydroxyl groups is 1. The smallest absolute Gasteiger partial charge is 0.219 e. The number of thioether (sulfide) groups is 3. The molecule has 28 heavy (non-hydrogen) atoms. The Morgan fingerprint density at radius 2 is 1.64 bits per heavy atom. The minimum absolute atomic E-state index is 0.109. The van der Waals surface area contributed by atoms with E-state index in [-0.39, 0.29) is 16.5 Å². The van der Waals surface area contributed by atoms with Gasteiger partial charge in [-0.2, -0.15) is 0 Å². The number of carbonyl (C=O) groups is 1. The minimum atomic E-state index is -0.305. The maximum Gasteiger partial charge on any atom is 0.219 e. The Hall–Kier alpha value is -1.96. The maximum atomic E-state index is 12.1. The van der Waals surface area contributed by atoms with Gasteiger partial charge in [-0.1, -0.05) is 65.6 Å². The number of benzene rings is 1. The number of carbonyl (C=O) groups excluding carboxylic acids is 1. The van der Waals surface area contributed by atoms with E-state index < -0.39 is 0 Å². The zero-order chi connectivity index (χ0) is 19.3. The molecule has 0 spiro atoms. The molecule has 1 N–H and O–H groups in total. The molecule has 2 aromatic heterocycles. The Balaban J connectivity index is 0.000000162. The predicted octanol–water partition coefficient (Wildman–Crippen LogP) is 0.861. The largest absolute Gasteiger partial charge is 0.390 e. The van der Waals surface area contributed by atoms with Gasteiger partial charge in [-0.25, -0.2) is 9.36 Å². The second-order valence-corrected chi connectivity index (χ2v) is 9.20. The number of nitrogens with zero attached hydrogens (tertiary/aromatic N) is 8. The Morgan fingerprint density at radius 1 is 1.00 bits per heavy atom. The highest BCUT2D eigenvalue weighted by Crippen LogP contribution is 2.29. The summed E-state index contributed by atoms with van der Waals surface area (Å²) in [5.74, 6) is 1.56. The summed E-state index contributed by atoms with van der Waals surface area (Å²) < 4.78 is 3.36. The van der Waals surface area contributed by atoms with E-state index in [0.717, 1.165) is 21.6 Å². The average molecular weight is 437 g/mol. The normalized spacial score (nSPS) is 20.5. The van der Waals surface area contributed by atoms with Crippen molar-refractivity contribution in [2.24, 2.45) is 0 Å². The van der Waals surface area contributed by atoms with Gasteiger partial charge < -0.3 is 5.11 Å². The number of tetrazole rings is 2. The summed E-state index contributed by atoms with van der Waals surface area (Å²) >= 11 is 4.44. The monoisotopic (exact) mass is 436 g/mol. The predicted molar refractivity (Wildman–Crippen MR) is 105 cm³/mol. The van der Waals surface area contributed by atoms with Gasteiger partial charge in [-0.3, -0.25) is 4.79 Å². The molecule has 5 rings (SSSR count). The van der Waals surface area contributed by atoms with Crippen LogP contribution in [0.2, 0.25) is 0 Å². The van der Waals surface area contributed by atoms with Crippen molar-refractivity contribution in [3.63, 3.8) is 0 Å². The molecule has 2 aliphatic rings. The Bertz CT molecular complexity index is 934. The standard InChI is InChI=1S/C11H10N4OS2.C4H6N4OS/c16-10(8-4-2-1-3-5-8)18-9-6-15-11(17-7-9)12-13-14-15;9-3-1-8-4(10-2-3)5-6-7-8/h1-5,9H,6-7H2;3,9H,1-2H2. The van der Waals surface area contributed by atoms with E-state index in [9.17, 15) is 4.79 Å². The van der Waals surface area contributed by atoms with Gasteiger partial charge in [0.05, 0.1) is 19.2 Å². The van der Waals surface area contributed by atoms with E-state index in [1.165, 1.54) is 23.5 Å². The lowest BCUT2D eigenvalue weighted by atomic mass is 10.2. The van der Waals surface area contributed by atoms with Crippen LogP contribution in [0.25, 0.3) is 0 Å². The molecular weight excluding hydrogens is 420 g/mol. The number of hydrogen-bond acceptors (Lipinski definition) is 11. The topological polar surface area (TPSA) is 124 Å². The second-order valence-electron chi connectivity index (χ2n) is 5.96. The van der Waals surface area contributed by atoms with E-state index >= 15 is 0 Å². The summed E-state index contributed by atoms with van der Waals surface area (Å²) in [6.45, 7) is 1.22. The summed E-state index contributed by atoms with van der Waals surface area (Å²) in [6, 6.07) is 9.35. The highest BCUT2D eigenvalue weighted by atomic mass is 32.2. The first kappa shape index (κ1) is 19.4. The molecule has 0 saturated heterocycles. The summed E-state index contributed by atoms with van der Waals surface area (Å²) in [4.78, 5) is 12.1. The third kappa shape index (κ3) is 4.71. The summed E-state index contributed by atoms with van der Waals surface area (Å²) in [6.07, 6.45) is -0.305. The van der Waals surface area contributed by atoms with Gasteiger partial charge in [-0.05, 0) is 20.9 Å². The van der Waals surface area contributed by atoms with Crippen molar-refractivity contribution in [1.82, 2.24) is 40.4 Å². The van der Waals surface area contributed by atoms with Crippen molar-refractivity contribution >= 4 is 40.4 Å². The first-order valence-electron chi connectivity index (χ1n) is 8.41. The lowest BCUT2D eigenvalue weighted by Gasteiger charge is -2.19. The molecule has 0 bridgehead atoms. The van der Waals surface area contributed by atoms with E-state index in [2.05, 4.69) is 31.1 Å². The molecule has 3 aromatic rings. The first-order chi connectivity index (χ1) is 13.7. The first-order valence-corrected chi connectivity index (χ1v) is 11.3. The van der Waals surface area contributed by atoms with Crippen LogP contribution in [-0.2, 0) is 13.1 Å². The van der Waals surface area contributed by atoms with Gasteiger partial charge in [-0.15, -0.1) is 10.2 Å². The molecule has 0 aliphatic carbocycles. The highest BCUT2D eigenvalue weighted by Gasteiger charge is 2.24. The highest BCUT2D eigenvalue weighted by molar-refractivity contribution is 8.15. The van der Waals surface area contributed by atoms with Crippen LogP contribution in [0.15, 0.2) is 40.6 Å². The summed E-state index contributed by atoms with van der Waals surface area (Å²) in [5, 5.41) is 33.4. The molecule has 146 valence electrons. The molecule has 2 unspecified atom stereocenters. The third-order valence-corrected chi connectivity index (χ3v) is 7.38. The zero-order valence-corrected chi connectivity index (χ0v) is 17.0. The average Bonchev–Trinajstić information content (AvgIpc) is 3.37. The molecule has 0 amide bonds. The number of hydrogen-bond donors (Lipinski definition) is 1. The molecule has 2 atom stereocenters. The van der Waals surface area contributed by atoms with Crippen molar-refractivity contribution in [2.45, 2.75) is 34.8 Å². The fourth-order valence-electron chi connectivity index (χ4n) is 2.53. The van der Waals surface area contributed by atoms with Crippen molar-refractivity contribution in [2.75, 3.05) is 11.5 Å². The lowest BCUT2D eigenvalue weighted by Crippen LogP contribution is -2.24. The molecule has 10 nitrogen and oxygen atoms in total. The number of aliphatic hydroxyl groups excluding tert-OH is 1. The molecule has 4 heterocycles.